The number of hydrogen-bond acceptors (Lipinski definition) is 5. The molecule has 0 unspecified atom stereocenters. The van der Waals surface area contributed by atoms with Gasteiger partial charge in [0.1, 0.15) is 17.2 Å². The molecule has 0 aliphatic heterocycles. The quantitative estimate of drug-likeness (QED) is 0.686. The van der Waals surface area contributed by atoms with Crippen molar-refractivity contribution in [1.29, 1.82) is 0 Å². The number of halogens is 1. The molecule has 1 amide bonds. The number of amides is 1. The van der Waals surface area contributed by atoms with Crippen LogP contribution in [0.2, 0.25) is 0 Å². The first-order chi connectivity index (χ1) is 6.70. The third kappa shape index (κ3) is 2.11. The highest BCUT2D eigenvalue weighted by atomic mass is 32.1. The SMILES string of the molecule is CNC(=O)c1c(N)nsc1NCCF. The van der Waals surface area contributed by atoms with Crippen LogP contribution in [0.25, 0.3) is 0 Å². The van der Waals surface area contributed by atoms with Gasteiger partial charge in [0.05, 0.1) is 0 Å². The Morgan fingerprint density at radius 2 is 2.43 bits per heavy atom. The molecule has 0 saturated heterocycles. The summed E-state index contributed by atoms with van der Waals surface area (Å²) >= 11 is 1.05. The first kappa shape index (κ1) is 10.7. The molecule has 0 aromatic carbocycles. The van der Waals surface area contributed by atoms with Gasteiger partial charge in [-0.25, -0.2) is 4.39 Å². The van der Waals surface area contributed by atoms with Gasteiger partial charge in [-0.1, -0.05) is 0 Å². The van der Waals surface area contributed by atoms with Gasteiger partial charge in [-0.15, -0.1) is 0 Å². The zero-order valence-corrected chi connectivity index (χ0v) is 8.45. The lowest BCUT2D eigenvalue weighted by Crippen LogP contribution is -2.20. The maximum atomic E-state index is 11.9. The lowest BCUT2D eigenvalue weighted by Gasteiger charge is -2.03. The lowest BCUT2D eigenvalue weighted by atomic mass is 10.3. The number of hydrogen-bond donors (Lipinski definition) is 3. The van der Waals surface area contributed by atoms with Crippen molar-refractivity contribution in [3.63, 3.8) is 0 Å². The molecule has 0 aliphatic carbocycles. The van der Waals surface area contributed by atoms with Gasteiger partial charge >= 0.3 is 0 Å². The molecule has 0 fully saturated rings. The summed E-state index contributed by atoms with van der Waals surface area (Å²) in [4.78, 5) is 11.3. The van der Waals surface area contributed by atoms with Crippen molar-refractivity contribution in [2.24, 2.45) is 0 Å². The Morgan fingerprint density at radius 1 is 1.71 bits per heavy atom. The molecule has 7 heteroatoms. The molecule has 0 atom stereocenters. The fraction of sp³-hybridized carbons (Fsp3) is 0.429. The molecule has 0 aliphatic rings. The van der Waals surface area contributed by atoms with E-state index in [4.69, 9.17) is 5.73 Å². The van der Waals surface area contributed by atoms with Gasteiger partial charge in [-0.3, -0.25) is 4.79 Å². The van der Waals surface area contributed by atoms with E-state index < -0.39 is 6.67 Å². The van der Waals surface area contributed by atoms with E-state index >= 15 is 0 Å². The predicted molar refractivity (Wildman–Crippen MR) is 54.4 cm³/mol. The molecular weight excluding hydrogens is 207 g/mol. The van der Waals surface area contributed by atoms with Crippen LogP contribution in [0.1, 0.15) is 10.4 Å². The van der Waals surface area contributed by atoms with Crippen LogP contribution < -0.4 is 16.4 Å². The van der Waals surface area contributed by atoms with Crippen LogP contribution in [0.5, 0.6) is 0 Å². The fourth-order valence-corrected chi connectivity index (χ4v) is 1.66. The van der Waals surface area contributed by atoms with Crippen molar-refractivity contribution < 1.29 is 9.18 Å². The first-order valence-corrected chi connectivity index (χ1v) is 4.75. The Bertz CT molecular complexity index is 327. The number of nitrogens with two attached hydrogens (primary N) is 1. The van der Waals surface area contributed by atoms with Gasteiger partial charge in [0.2, 0.25) is 0 Å². The maximum Gasteiger partial charge on any atom is 0.257 e. The van der Waals surface area contributed by atoms with E-state index in [2.05, 4.69) is 15.0 Å². The number of alkyl halides is 1. The van der Waals surface area contributed by atoms with E-state index in [9.17, 15) is 9.18 Å². The van der Waals surface area contributed by atoms with E-state index in [-0.39, 0.29) is 23.8 Å². The van der Waals surface area contributed by atoms with Crippen molar-refractivity contribution in [2.45, 2.75) is 0 Å². The minimum atomic E-state index is -0.509. The van der Waals surface area contributed by atoms with Crippen molar-refractivity contribution >= 4 is 28.3 Å². The second-order valence-corrected chi connectivity index (χ2v) is 3.24. The Balaban J connectivity index is 2.88. The van der Waals surface area contributed by atoms with E-state index in [1.54, 1.807) is 0 Å². The van der Waals surface area contributed by atoms with Gasteiger partial charge < -0.3 is 16.4 Å². The summed E-state index contributed by atoms with van der Waals surface area (Å²) in [6, 6.07) is 0. The molecule has 0 bridgehead atoms. The minimum absolute atomic E-state index is 0.144. The Labute approximate surface area is 84.7 Å². The first-order valence-electron chi connectivity index (χ1n) is 3.97. The van der Waals surface area contributed by atoms with Gasteiger partial charge in [-0.05, 0) is 11.5 Å². The van der Waals surface area contributed by atoms with Crippen LogP contribution in [0.3, 0.4) is 0 Å². The summed E-state index contributed by atoms with van der Waals surface area (Å²) in [6.45, 7) is -0.364. The normalized spacial score (nSPS) is 9.86. The minimum Gasteiger partial charge on any atom is -0.382 e. The number of nitrogens with one attached hydrogen (secondary N) is 2. The second kappa shape index (κ2) is 4.75. The van der Waals surface area contributed by atoms with E-state index in [1.165, 1.54) is 7.05 Å². The van der Waals surface area contributed by atoms with Crippen LogP contribution in [0.4, 0.5) is 15.2 Å². The molecule has 4 N–H and O–H groups in total. The number of nitrogen functional groups attached to an aromatic ring is 1. The number of carbonyl (C=O) groups excluding carboxylic acids is 1. The van der Waals surface area contributed by atoms with Gasteiger partial charge in [0.15, 0.2) is 5.82 Å². The van der Waals surface area contributed by atoms with Crippen LogP contribution in [-0.4, -0.2) is 30.5 Å². The molecule has 1 aromatic rings. The van der Waals surface area contributed by atoms with E-state index in [0.29, 0.717) is 5.00 Å². The van der Waals surface area contributed by atoms with Crippen molar-refractivity contribution in [2.75, 3.05) is 31.3 Å². The third-order valence-electron chi connectivity index (χ3n) is 1.55. The number of carbonyl (C=O) groups is 1. The monoisotopic (exact) mass is 218 g/mol. The summed E-state index contributed by atoms with van der Waals surface area (Å²) in [5.74, 6) is -0.159. The summed E-state index contributed by atoms with van der Waals surface area (Å²) in [5, 5.41) is 5.68. The molecule has 0 spiro atoms. The second-order valence-electron chi connectivity index (χ2n) is 2.47. The summed E-state index contributed by atoms with van der Waals surface area (Å²) < 4.78 is 15.7. The summed E-state index contributed by atoms with van der Waals surface area (Å²) in [7, 11) is 1.50. The zero-order valence-electron chi connectivity index (χ0n) is 7.63. The number of rotatable bonds is 4. The van der Waals surface area contributed by atoms with Crippen molar-refractivity contribution in [1.82, 2.24) is 9.69 Å². The van der Waals surface area contributed by atoms with Crippen molar-refractivity contribution in [3.8, 4) is 0 Å². The molecule has 1 heterocycles. The highest BCUT2D eigenvalue weighted by Crippen LogP contribution is 2.26. The maximum absolute atomic E-state index is 11.9. The van der Waals surface area contributed by atoms with Gasteiger partial charge in [0, 0.05) is 13.6 Å². The molecule has 78 valence electrons. The Morgan fingerprint density at radius 3 is 3.00 bits per heavy atom. The average Bonchev–Trinajstić information content (AvgIpc) is 2.55. The van der Waals surface area contributed by atoms with Crippen LogP contribution in [-0.2, 0) is 0 Å². The fourth-order valence-electron chi connectivity index (χ4n) is 0.928. The topological polar surface area (TPSA) is 80.0 Å². The number of anilines is 2. The molecule has 1 rings (SSSR count). The van der Waals surface area contributed by atoms with Crippen LogP contribution >= 0.6 is 11.5 Å². The van der Waals surface area contributed by atoms with Gasteiger partial charge in [0.25, 0.3) is 5.91 Å². The Hall–Kier alpha value is -1.37. The third-order valence-corrected chi connectivity index (χ3v) is 2.37. The zero-order chi connectivity index (χ0) is 10.6. The van der Waals surface area contributed by atoms with Crippen molar-refractivity contribution in [3.05, 3.63) is 5.56 Å². The van der Waals surface area contributed by atoms with Gasteiger partial charge in [-0.2, -0.15) is 4.37 Å². The molecule has 14 heavy (non-hydrogen) atoms. The molecular formula is C7H11FN4OS. The molecule has 0 saturated carbocycles. The number of aromatic nitrogens is 1. The largest absolute Gasteiger partial charge is 0.382 e. The lowest BCUT2D eigenvalue weighted by molar-refractivity contribution is 0.0965. The van der Waals surface area contributed by atoms with E-state index in [0.717, 1.165) is 11.5 Å². The standard InChI is InChI=1S/C7H11FN4OS/c1-10-6(13)4-5(9)12-14-7(4)11-3-2-8/h11H,2-3H2,1H3,(H2,9,12)(H,10,13). The molecule has 5 nitrogen and oxygen atoms in total. The Kier molecular flexibility index (Phi) is 3.63. The highest BCUT2D eigenvalue weighted by Gasteiger charge is 2.17. The number of nitrogens with zero attached hydrogens (tertiary/aromatic N) is 1. The van der Waals surface area contributed by atoms with Crippen LogP contribution in [0.15, 0.2) is 0 Å². The van der Waals surface area contributed by atoms with E-state index in [1.807, 2.05) is 0 Å². The summed E-state index contributed by atoms with van der Waals surface area (Å²) in [6.07, 6.45) is 0. The van der Waals surface area contributed by atoms with Crippen LogP contribution in [0, 0.1) is 0 Å². The molecule has 0 radical (unpaired) electrons. The highest BCUT2D eigenvalue weighted by molar-refractivity contribution is 7.11. The average molecular weight is 218 g/mol. The summed E-state index contributed by atoms with van der Waals surface area (Å²) in [5.41, 5.74) is 5.78. The smallest absolute Gasteiger partial charge is 0.257 e. The predicted octanol–water partition coefficient (Wildman–Crippen LogP) is 0.466. The molecule has 1 aromatic heterocycles.